The number of carboxylic acids is 1. The number of halogens is 1. The topological polar surface area (TPSA) is 71.7 Å². The Bertz CT molecular complexity index is 690. The van der Waals surface area contributed by atoms with Gasteiger partial charge in [-0.2, -0.15) is 0 Å². The fraction of sp³-hybridized carbons (Fsp3) is 0.364. The average molecular weight is 331 g/mol. The fourth-order valence-corrected chi connectivity index (χ4v) is 3.31. The molecule has 0 aliphatic rings. The maximum Gasteiger partial charge on any atom is 0.347 e. The van der Waals surface area contributed by atoms with Gasteiger partial charge >= 0.3 is 5.97 Å². The van der Waals surface area contributed by atoms with Crippen LogP contribution < -0.4 is 5.56 Å². The monoisotopic (exact) mass is 330 g/mol. The van der Waals surface area contributed by atoms with E-state index < -0.39 is 5.97 Å². The summed E-state index contributed by atoms with van der Waals surface area (Å²) in [6.45, 7) is 3.51. The summed E-state index contributed by atoms with van der Waals surface area (Å²) >= 11 is 4.33. The van der Waals surface area contributed by atoms with Gasteiger partial charge in [0, 0.05) is 10.9 Å². The molecule has 2 heterocycles. The minimum absolute atomic E-state index is 0.161. The number of hydrogen-bond acceptors (Lipinski definition) is 4. The zero-order valence-corrected chi connectivity index (χ0v) is 12.3. The van der Waals surface area contributed by atoms with Crippen molar-refractivity contribution in [2.24, 2.45) is 0 Å². The van der Waals surface area contributed by atoms with Crippen molar-refractivity contribution in [2.45, 2.75) is 25.6 Å². The standard InChI is InChI=1S/C11H11BrN2O3S/c1-3-6-7(4-12)13-11-14(9(6)15)5(2)8(18-11)10(16)17/h3-4H2,1-2H3,(H,16,17). The van der Waals surface area contributed by atoms with E-state index in [1.807, 2.05) is 6.92 Å². The number of carbonyl (C=O) groups is 1. The van der Waals surface area contributed by atoms with Gasteiger partial charge in [-0.25, -0.2) is 9.78 Å². The zero-order chi connectivity index (χ0) is 13.4. The van der Waals surface area contributed by atoms with Gasteiger partial charge in [-0.05, 0) is 13.3 Å². The van der Waals surface area contributed by atoms with Gasteiger partial charge in [0.1, 0.15) is 4.88 Å². The first kappa shape index (κ1) is 13.2. The van der Waals surface area contributed by atoms with Crippen LogP contribution in [0, 0.1) is 6.92 Å². The van der Waals surface area contributed by atoms with Crippen molar-refractivity contribution in [2.75, 3.05) is 0 Å². The lowest BCUT2D eigenvalue weighted by Gasteiger charge is -2.04. The first-order valence-electron chi connectivity index (χ1n) is 5.34. The molecule has 0 fully saturated rings. The Morgan fingerprint density at radius 3 is 2.72 bits per heavy atom. The zero-order valence-electron chi connectivity index (χ0n) is 9.86. The third kappa shape index (κ3) is 1.87. The molecule has 1 N–H and O–H groups in total. The number of aryl methyl sites for hydroxylation is 1. The molecule has 2 aromatic heterocycles. The van der Waals surface area contributed by atoms with Crippen molar-refractivity contribution in [1.82, 2.24) is 9.38 Å². The SMILES string of the molecule is CCc1c(CBr)nc2sc(C(=O)O)c(C)n2c1=O. The summed E-state index contributed by atoms with van der Waals surface area (Å²) in [6, 6.07) is 0. The molecule has 18 heavy (non-hydrogen) atoms. The highest BCUT2D eigenvalue weighted by atomic mass is 79.9. The van der Waals surface area contributed by atoms with Crippen molar-refractivity contribution in [1.29, 1.82) is 0 Å². The quantitative estimate of drug-likeness (QED) is 0.876. The molecule has 0 atom stereocenters. The Kier molecular flexibility index (Phi) is 3.54. The lowest BCUT2D eigenvalue weighted by molar-refractivity contribution is 0.0701. The van der Waals surface area contributed by atoms with E-state index in [1.54, 1.807) is 6.92 Å². The van der Waals surface area contributed by atoms with Gasteiger partial charge in [-0.3, -0.25) is 9.20 Å². The van der Waals surface area contributed by atoms with E-state index >= 15 is 0 Å². The number of carboxylic acid groups (broad SMARTS) is 1. The predicted molar refractivity (Wildman–Crippen MR) is 73.0 cm³/mol. The second kappa shape index (κ2) is 4.81. The molecule has 5 nitrogen and oxygen atoms in total. The molecule has 0 radical (unpaired) electrons. The Hall–Kier alpha value is -1.21. The molecule has 0 amide bonds. The van der Waals surface area contributed by atoms with E-state index in [4.69, 9.17) is 5.11 Å². The van der Waals surface area contributed by atoms with Crippen molar-refractivity contribution in [3.05, 3.63) is 32.2 Å². The summed E-state index contributed by atoms with van der Waals surface area (Å²) in [5, 5.41) is 9.56. The molecule has 0 unspecified atom stereocenters. The molecule has 7 heteroatoms. The fourth-order valence-electron chi connectivity index (χ4n) is 1.87. The highest BCUT2D eigenvalue weighted by Gasteiger charge is 2.19. The minimum Gasteiger partial charge on any atom is -0.477 e. The van der Waals surface area contributed by atoms with Crippen LogP contribution in [0.2, 0.25) is 0 Å². The largest absolute Gasteiger partial charge is 0.477 e. The van der Waals surface area contributed by atoms with Crippen LogP contribution in [0.3, 0.4) is 0 Å². The lowest BCUT2D eigenvalue weighted by Crippen LogP contribution is -2.22. The molecule has 0 spiro atoms. The molecule has 2 aromatic rings. The first-order valence-corrected chi connectivity index (χ1v) is 7.28. The summed E-state index contributed by atoms with van der Waals surface area (Å²) in [5.74, 6) is -1.03. The maximum atomic E-state index is 12.3. The summed E-state index contributed by atoms with van der Waals surface area (Å²) in [4.78, 5) is 28.3. The number of fused-ring (bicyclic) bond motifs is 1. The molecule has 0 aliphatic heterocycles. The Morgan fingerprint density at radius 2 is 2.22 bits per heavy atom. The van der Waals surface area contributed by atoms with Gasteiger partial charge in [-0.1, -0.05) is 34.2 Å². The van der Waals surface area contributed by atoms with Crippen LogP contribution in [0.15, 0.2) is 4.79 Å². The molecule has 0 aromatic carbocycles. The van der Waals surface area contributed by atoms with E-state index in [9.17, 15) is 9.59 Å². The van der Waals surface area contributed by atoms with Crippen LogP contribution in [-0.2, 0) is 11.8 Å². The van der Waals surface area contributed by atoms with Crippen LogP contribution >= 0.6 is 27.3 Å². The minimum atomic E-state index is -1.03. The van der Waals surface area contributed by atoms with E-state index in [-0.39, 0.29) is 10.4 Å². The van der Waals surface area contributed by atoms with E-state index in [0.29, 0.717) is 33.7 Å². The molecule has 0 saturated heterocycles. The van der Waals surface area contributed by atoms with E-state index in [2.05, 4.69) is 20.9 Å². The highest BCUT2D eigenvalue weighted by Crippen LogP contribution is 2.21. The van der Waals surface area contributed by atoms with Gasteiger partial charge in [0.15, 0.2) is 4.96 Å². The Morgan fingerprint density at radius 1 is 1.56 bits per heavy atom. The molecule has 2 rings (SSSR count). The second-order valence-electron chi connectivity index (χ2n) is 3.77. The maximum absolute atomic E-state index is 12.3. The van der Waals surface area contributed by atoms with Crippen molar-refractivity contribution in [3.8, 4) is 0 Å². The van der Waals surface area contributed by atoms with Gasteiger partial charge in [-0.15, -0.1) is 0 Å². The molecule has 0 saturated carbocycles. The molecule has 0 bridgehead atoms. The van der Waals surface area contributed by atoms with Crippen LogP contribution in [0.5, 0.6) is 0 Å². The van der Waals surface area contributed by atoms with Gasteiger partial charge in [0.05, 0.1) is 11.4 Å². The van der Waals surface area contributed by atoms with Crippen LogP contribution in [0.25, 0.3) is 4.96 Å². The average Bonchev–Trinajstić information content (AvgIpc) is 2.66. The third-order valence-corrected chi connectivity index (χ3v) is 4.42. The smallest absolute Gasteiger partial charge is 0.347 e. The number of nitrogens with zero attached hydrogens (tertiary/aromatic N) is 2. The first-order chi connectivity index (χ1) is 8.51. The molecule has 96 valence electrons. The van der Waals surface area contributed by atoms with Gasteiger partial charge in [0.2, 0.25) is 0 Å². The van der Waals surface area contributed by atoms with Gasteiger partial charge in [0.25, 0.3) is 5.56 Å². The summed E-state index contributed by atoms with van der Waals surface area (Å²) < 4.78 is 1.39. The van der Waals surface area contributed by atoms with Crippen molar-refractivity contribution in [3.63, 3.8) is 0 Å². The number of hydrogen-bond donors (Lipinski definition) is 1. The molecule has 0 aliphatic carbocycles. The molecular weight excluding hydrogens is 320 g/mol. The second-order valence-corrected chi connectivity index (χ2v) is 5.31. The van der Waals surface area contributed by atoms with E-state index in [0.717, 1.165) is 11.3 Å². The van der Waals surface area contributed by atoms with Crippen molar-refractivity contribution >= 4 is 38.2 Å². The predicted octanol–water partition coefficient (Wildman–Crippen LogP) is 2.22. The lowest BCUT2D eigenvalue weighted by atomic mass is 10.2. The Labute approximate surface area is 115 Å². The summed E-state index contributed by atoms with van der Waals surface area (Å²) in [6.07, 6.45) is 0.577. The number of aromatic nitrogens is 2. The number of rotatable bonds is 3. The third-order valence-electron chi connectivity index (χ3n) is 2.76. The highest BCUT2D eigenvalue weighted by molar-refractivity contribution is 9.08. The van der Waals surface area contributed by atoms with Gasteiger partial charge < -0.3 is 5.11 Å². The normalized spacial score (nSPS) is 11.1. The summed E-state index contributed by atoms with van der Waals surface area (Å²) in [7, 11) is 0. The number of alkyl halides is 1. The Balaban J connectivity index is 2.92. The number of thiazole rings is 1. The van der Waals surface area contributed by atoms with Crippen LogP contribution in [-0.4, -0.2) is 20.5 Å². The van der Waals surface area contributed by atoms with Crippen molar-refractivity contribution < 1.29 is 9.90 Å². The summed E-state index contributed by atoms with van der Waals surface area (Å²) in [5.41, 5.74) is 1.58. The number of aromatic carboxylic acids is 1. The van der Waals surface area contributed by atoms with Crippen LogP contribution in [0.4, 0.5) is 0 Å². The van der Waals surface area contributed by atoms with E-state index in [1.165, 1.54) is 4.40 Å². The van der Waals surface area contributed by atoms with Crippen LogP contribution in [0.1, 0.15) is 33.5 Å². The molecular formula is C11H11BrN2O3S.